The Morgan fingerprint density at radius 3 is 2.58 bits per heavy atom. The minimum atomic E-state index is 0.0292. The average molecular weight is 333 g/mol. The molecular formula is C19H31N3O2. The fraction of sp³-hybridized carbons (Fsp3) is 0.632. The number of likely N-dealkylation sites (N-methyl/N-ethyl adjacent to an activating group) is 1. The average Bonchev–Trinajstić information content (AvgIpc) is 3.11. The van der Waals surface area contributed by atoms with Crippen LogP contribution in [0.4, 0.5) is 4.79 Å². The van der Waals surface area contributed by atoms with Crippen LogP contribution < -0.4 is 10.1 Å². The molecule has 1 aromatic rings. The van der Waals surface area contributed by atoms with Crippen LogP contribution in [-0.4, -0.2) is 55.7 Å². The van der Waals surface area contributed by atoms with Crippen LogP contribution in [0, 0.1) is 0 Å². The van der Waals surface area contributed by atoms with Gasteiger partial charge in [0.1, 0.15) is 5.75 Å². The summed E-state index contributed by atoms with van der Waals surface area (Å²) in [7, 11) is 5.73. The summed E-state index contributed by atoms with van der Waals surface area (Å²) in [4.78, 5) is 16.9. The Morgan fingerprint density at radius 2 is 1.96 bits per heavy atom. The molecule has 1 N–H and O–H groups in total. The Kier molecular flexibility index (Phi) is 6.91. The second kappa shape index (κ2) is 8.92. The molecular weight excluding hydrogens is 302 g/mol. The molecule has 2 rings (SSSR count). The number of para-hydroxylation sites is 1. The lowest BCUT2D eigenvalue weighted by atomic mass is 10.1. The maximum absolute atomic E-state index is 12.8. The molecule has 0 bridgehead atoms. The molecule has 1 aromatic carbocycles. The van der Waals surface area contributed by atoms with Crippen LogP contribution in [0.15, 0.2) is 24.3 Å². The van der Waals surface area contributed by atoms with Crippen molar-refractivity contribution in [3.63, 3.8) is 0 Å². The van der Waals surface area contributed by atoms with Crippen LogP contribution >= 0.6 is 0 Å². The number of methoxy groups -OCH3 is 1. The highest BCUT2D eigenvalue weighted by molar-refractivity contribution is 5.74. The summed E-state index contributed by atoms with van der Waals surface area (Å²) >= 11 is 0. The van der Waals surface area contributed by atoms with Crippen LogP contribution in [0.1, 0.15) is 38.2 Å². The maximum atomic E-state index is 12.8. The molecule has 0 aromatic heterocycles. The highest BCUT2D eigenvalue weighted by Gasteiger charge is 2.27. The zero-order valence-corrected chi connectivity index (χ0v) is 15.4. The van der Waals surface area contributed by atoms with Crippen LogP contribution in [-0.2, 0) is 6.54 Å². The van der Waals surface area contributed by atoms with Gasteiger partial charge in [0.15, 0.2) is 0 Å². The largest absolute Gasteiger partial charge is 0.496 e. The van der Waals surface area contributed by atoms with E-state index in [-0.39, 0.29) is 6.03 Å². The Bertz CT molecular complexity index is 527. The van der Waals surface area contributed by atoms with Crippen molar-refractivity contribution in [1.29, 1.82) is 0 Å². The molecule has 0 spiro atoms. The van der Waals surface area contributed by atoms with Crippen molar-refractivity contribution in [2.45, 2.75) is 51.2 Å². The number of benzene rings is 1. The number of nitrogens with one attached hydrogen (secondary N) is 1. The van der Waals surface area contributed by atoms with E-state index in [1.165, 1.54) is 12.8 Å². The summed E-state index contributed by atoms with van der Waals surface area (Å²) in [6.45, 7) is 3.36. The minimum Gasteiger partial charge on any atom is -0.496 e. The highest BCUT2D eigenvalue weighted by Crippen LogP contribution is 2.27. The van der Waals surface area contributed by atoms with Gasteiger partial charge in [0.25, 0.3) is 0 Å². The lowest BCUT2D eigenvalue weighted by Gasteiger charge is -2.31. The SMILES string of the molecule is COc1ccccc1CN(C(=O)NC[C@H](C)N(C)C)C1CCCC1. The molecule has 0 aliphatic heterocycles. The number of nitrogens with zero attached hydrogens (tertiary/aromatic N) is 2. The Morgan fingerprint density at radius 1 is 1.29 bits per heavy atom. The number of hydrogen-bond donors (Lipinski definition) is 1. The molecule has 1 aliphatic rings. The van der Waals surface area contributed by atoms with E-state index in [0.29, 0.717) is 25.2 Å². The van der Waals surface area contributed by atoms with Gasteiger partial charge in [-0.2, -0.15) is 0 Å². The van der Waals surface area contributed by atoms with E-state index < -0.39 is 0 Å². The van der Waals surface area contributed by atoms with Gasteiger partial charge in [0.2, 0.25) is 0 Å². The fourth-order valence-corrected chi connectivity index (χ4v) is 3.12. The molecule has 0 heterocycles. The van der Waals surface area contributed by atoms with Crippen molar-refractivity contribution in [2.75, 3.05) is 27.7 Å². The van der Waals surface area contributed by atoms with Gasteiger partial charge in [-0.15, -0.1) is 0 Å². The molecule has 1 aliphatic carbocycles. The number of hydrogen-bond acceptors (Lipinski definition) is 3. The van der Waals surface area contributed by atoms with Gasteiger partial charge in [-0.1, -0.05) is 31.0 Å². The van der Waals surface area contributed by atoms with Crippen molar-refractivity contribution in [2.24, 2.45) is 0 Å². The second-order valence-corrected chi connectivity index (χ2v) is 6.88. The number of carbonyl (C=O) groups excluding carboxylic acids is 1. The first-order chi connectivity index (χ1) is 11.5. The van der Waals surface area contributed by atoms with E-state index in [0.717, 1.165) is 24.2 Å². The van der Waals surface area contributed by atoms with E-state index in [1.807, 2.05) is 43.3 Å². The lowest BCUT2D eigenvalue weighted by molar-refractivity contribution is 0.167. The first kappa shape index (κ1) is 18.6. The summed E-state index contributed by atoms with van der Waals surface area (Å²) < 4.78 is 5.45. The normalized spacial score (nSPS) is 16.2. The summed E-state index contributed by atoms with van der Waals surface area (Å²) in [5, 5.41) is 3.10. The zero-order chi connectivity index (χ0) is 17.5. The van der Waals surface area contributed by atoms with Crippen molar-refractivity contribution >= 4 is 6.03 Å². The number of carbonyl (C=O) groups is 1. The van der Waals surface area contributed by atoms with Gasteiger partial charge in [0, 0.05) is 24.2 Å². The van der Waals surface area contributed by atoms with Gasteiger partial charge in [-0.25, -0.2) is 4.79 Å². The van der Waals surface area contributed by atoms with Gasteiger partial charge in [0.05, 0.1) is 13.7 Å². The predicted octanol–water partition coefficient (Wildman–Crippen LogP) is 3.10. The molecule has 0 unspecified atom stereocenters. The molecule has 0 radical (unpaired) electrons. The quantitative estimate of drug-likeness (QED) is 0.834. The third-order valence-corrected chi connectivity index (χ3v) is 4.99. The maximum Gasteiger partial charge on any atom is 0.318 e. The van der Waals surface area contributed by atoms with Gasteiger partial charge >= 0.3 is 6.03 Å². The molecule has 1 atom stereocenters. The molecule has 0 saturated heterocycles. The van der Waals surface area contributed by atoms with E-state index in [2.05, 4.69) is 17.1 Å². The van der Waals surface area contributed by atoms with Crippen LogP contribution in [0.2, 0.25) is 0 Å². The number of urea groups is 1. The van der Waals surface area contributed by atoms with Crippen LogP contribution in [0.5, 0.6) is 5.75 Å². The molecule has 1 saturated carbocycles. The van der Waals surface area contributed by atoms with E-state index >= 15 is 0 Å². The number of amides is 2. The van der Waals surface area contributed by atoms with E-state index in [9.17, 15) is 4.79 Å². The number of ether oxygens (including phenoxy) is 1. The standard InChI is InChI=1S/C19H31N3O2/c1-15(21(2)3)13-20-19(23)22(17-10-6-7-11-17)14-16-9-5-8-12-18(16)24-4/h5,8-9,12,15,17H,6-7,10-11,13-14H2,1-4H3,(H,20,23)/t15-/m0/s1. The fourth-order valence-electron chi connectivity index (χ4n) is 3.12. The Hall–Kier alpha value is -1.75. The molecule has 24 heavy (non-hydrogen) atoms. The zero-order valence-electron chi connectivity index (χ0n) is 15.4. The molecule has 1 fully saturated rings. The lowest BCUT2D eigenvalue weighted by Crippen LogP contribution is -2.48. The topological polar surface area (TPSA) is 44.8 Å². The summed E-state index contributed by atoms with van der Waals surface area (Å²) in [6.07, 6.45) is 4.58. The Labute approximate surface area is 146 Å². The summed E-state index contributed by atoms with van der Waals surface area (Å²) in [5.41, 5.74) is 1.06. The van der Waals surface area contributed by atoms with Gasteiger partial charge < -0.3 is 19.9 Å². The van der Waals surface area contributed by atoms with Gasteiger partial charge in [-0.05, 0) is 39.9 Å². The van der Waals surface area contributed by atoms with Crippen molar-refractivity contribution < 1.29 is 9.53 Å². The summed E-state index contributed by atoms with van der Waals surface area (Å²) in [6, 6.07) is 8.61. The Balaban J connectivity index is 2.08. The van der Waals surface area contributed by atoms with Crippen molar-refractivity contribution in [3.8, 4) is 5.75 Å². The molecule has 134 valence electrons. The first-order valence-electron chi connectivity index (χ1n) is 8.85. The molecule has 5 nitrogen and oxygen atoms in total. The van der Waals surface area contributed by atoms with Crippen molar-refractivity contribution in [3.05, 3.63) is 29.8 Å². The third-order valence-electron chi connectivity index (χ3n) is 4.99. The summed E-state index contributed by atoms with van der Waals surface area (Å²) in [5.74, 6) is 0.843. The second-order valence-electron chi connectivity index (χ2n) is 6.88. The van der Waals surface area contributed by atoms with E-state index in [1.54, 1.807) is 7.11 Å². The number of rotatable bonds is 7. The van der Waals surface area contributed by atoms with Crippen LogP contribution in [0.3, 0.4) is 0 Å². The third kappa shape index (κ3) is 4.87. The molecule has 2 amide bonds. The van der Waals surface area contributed by atoms with E-state index in [4.69, 9.17) is 4.74 Å². The molecule has 5 heteroatoms. The smallest absolute Gasteiger partial charge is 0.318 e. The predicted molar refractivity (Wildman–Crippen MR) is 97.3 cm³/mol. The minimum absolute atomic E-state index is 0.0292. The first-order valence-corrected chi connectivity index (χ1v) is 8.85. The van der Waals surface area contributed by atoms with Crippen molar-refractivity contribution in [1.82, 2.24) is 15.1 Å². The highest BCUT2D eigenvalue weighted by atomic mass is 16.5. The van der Waals surface area contributed by atoms with Crippen LogP contribution in [0.25, 0.3) is 0 Å². The van der Waals surface area contributed by atoms with Gasteiger partial charge in [-0.3, -0.25) is 0 Å². The monoisotopic (exact) mass is 333 g/mol.